The summed E-state index contributed by atoms with van der Waals surface area (Å²) in [5, 5.41) is 2.91. The normalized spacial score (nSPS) is 19.6. The molecule has 1 aromatic rings. The van der Waals surface area contributed by atoms with Crippen molar-refractivity contribution in [3.63, 3.8) is 0 Å². The van der Waals surface area contributed by atoms with E-state index < -0.39 is 0 Å². The number of hydrogen-bond acceptors (Lipinski definition) is 1. The van der Waals surface area contributed by atoms with E-state index in [-0.39, 0.29) is 11.8 Å². The van der Waals surface area contributed by atoms with Gasteiger partial charge in [0.1, 0.15) is 0 Å². The Bertz CT molecular complexity index is 357. The van der Waals surface area contributed by atoms with E-state index in [9.17, 15) is 4.79 Å². The van der Waals surface area contributed by atoms with Crippen LogP contribution >= 0.6 is 0 Å². The summed E-state index contributed by atoms with van der Waals surface area (Å²) in [4.78, 5) is 11.7. The van der Waals surface area contributed by atoms with E-state index in [2.05, 4.69) is 19.2 Å². The van der Waals surface area contributed by atoms with Crippen molar-refractivity contribution in [3.05, 3.63) is 29.8 Å². The summed E-state index contributed by atoms with van der Waals surface area (Å²) in [5.41, 5.74) is 2.15. The van der Waals surface area contributed by atoms with Gasteiger partial charge in [0.15, 0.2) is 0 Å². The van der Waals surface area contributed by atoms with E-state index in [0.717, 1.165) is 17.7 Å². The first-order valence-corrected chi connectivity index (χ1v) is 5.08. The summed E-state index contributed by atoms with van der Waals surface area (Å²) in [6.07, 6.45) is 0.933. The Morgan fingerprint density at radius 2 is 2.07 bits per heavy atom. The first kappa shape index (κ1) is 9.25. The van der Waals surface area contributed by atoms with Gasteiger partial charge in [-0.2, -0.15) is 0 Å². The van der Waals surface area contributed by atoms with E-state index in [0.29, 0.717) is 5.92 Å². The summed E-state index contributed by atoms with van der Waals surface area (Å²) in [5.74, 6) is 0.767. The first-order chi connectivity index (χ1) is 6.68. The maximum atomic E-state index is 11.7. The number of hydrogen-bond donors (Lipinski definition) is 1. The standard InChI is InChI=1S/C12H15NO/c1-8(2)7-10-9-5-3-4-6-11(9)13-12(10)14/h3-6,8,10H,7H2,1-2H3,(H,13,14). The van der Waals surface area contributed by atoms with Crippen LogP contribution in [0, 0.1) is 5.92 Å². The summed E-state index contributed by atoms with van der Waals surface area (Å²) in [6.45, 7) is 4.29. The number of carbonyl (C=O) groups excluding carboxylic acids is 1. The van der Waals surface area contributed by atoms with E-state index in [4.69, 9.17) is 0 Å². The van der Waals surface area contributed by atoms with Gasteiger partial charge in [0.05, 0.1) is 5.92 Å². The molecule has 14 heavy (non-hydrogen) atoms. The van der Waals surface area contributed by atoms with Crippen molar-refractivity contribution in [1.29, 1.82) is 0 Å². The molecule has 1 amide bonds. The van der Waals surface area contributed by atoms with Crippen molar-refractivity contribution in [2.45, 2.75) is 26.2 Å². The van der Waals surface area contributed by atoms with Crippen LogP contribution in [0.4, 0.5) is 5.69 Å². The second-order valence-electron chi connectivity index (χ2n) is 4.26. The predicted molar refractivity (Wildman–Crippen MR) is 57.3 cm³/mol. The van der Waals surface area contributed by atoms with Crippen LogP contribution < -0.4 is 5.32 Å². The molecular weight excluding hydrogens is 174 g/mol. The minimum atomic E-state index is 0.0613. The summed E-state index contributed by atoms with van der Waals surface area (Å²) in [6, 6.07) is 7.96. The highest BCUT2D eigenvalue weighted by Gasteiger charge is 2.30. The Kier molecular flexibility index (Phi) is 2.28. The Morgan fingerprint density at radius 1 is 1.36 bits per heavy atom. The Morgan fingerprint density at radius 3 is 2.79 bits per heavy atom. The number of anilines is 1. The van der Waals surface area contributed by atoms with E-state index >= 15 is 0 Å². The average molecular weight is 189 g/mol. The van der Waals surface area contributed by atoms with Gasteiger partial charge in [-0.15, -0.1) is 0 Å². The Labute approximate surface area is 84.3 Å². The van der Waals surface area contributed by atoms with Gasteiger partial charge in [0.2, 0.25) is 5.91 Å². The van der Waals surface area contributed by atoms with E-state index in [1.54, 1.807) is 0 Å². The summed E-state index contributed by atoms with van der Waals surface area (Å²) in [7, 11) is 0. The molecular formula is C12H15NO. The molecule has 2 nitrogen and oxygen atoms in total. The number of para-hydroxylation sites is 1. The van der Waals surface area contributed by atoms with Gasteiger partial charge in [-0.25, -0.2) is 0 Å². The van der Waals surface area contributed by atoms with Gasteiger partial charge in [0, 0.05) is 5.69 Å². The number of amides is 1. The van der Waals surface area contributed by atoms with Crippen LogP contribution in [0.5, 0.6) is 0 Å². The van der Waals surface area contributed by atoms with Crippen LogP contribution in [0.1, 0.15) is 31.7 Å². The molecule has 0 saturated carbocycles. The van der Waals surface area contributed by atoms with Gasteiger partial charge in [-0.1, -0.05) is 32.0 Å². The fourth-order valence-electron chi connectivity index (χ4n) is 1.98. The van der Waals surface area contributed by atoms with Crippen LogP contribution in [0.15, 0.2) is 24.3 Å². The lowest BCUT2D eigenvalue weighted by atomic mass is 9.92. The molecule has 1 atom stereocenters. The fourth-order valence-corrected chi connectivity index (χ4v) is 1.98. The molecule has 1 aromatic carbocycles. The highest BCUT2D eigenvalue weighted by Crippen LogP contribution is 2.35. The number of fused-ring (bicyclic) bond motifs is 1. The first-order valence-electron chi connectivity index (χ1n) is 5.08. The molecule has 0 radical (unpaired) electrons. The van der Waals surface area contributed by atoms with Crippen LogP contribution in [0.2, 0.25) is 0 Å². The Hall–Kier alpha value is -1.31. The van der Waals surface area contributed by atoms with Crippen molar-refractivity contribution in [2.24, 2.45) is 5.92 Å². The maximum absolute atomic E-state index is 11.7. The molecule has 1 heterocycles. The molecule has 74 valence electrons. The quantitative estimate of drug-likeness (QED) is 0.761. The minimum absolute atomic E-state index is 0.0613. The van der Waals surface area contributed by atoms with Gasteiger partial charge in [-0.3, -0.25) is 4.79 Å². The topological polar surface area (TPSA) is 29.1 Å². The van der Waals surface area contributed by atoms with E-state index in [1.807, 2.05) is 24.3 Å². The summed E-state index contributed by atoms with van der Waals surface area (Å²) < 4.78 is 0. The molecule has 1 unspecified atom stereocenters. The summed E-state index contributed by atoms with van der Waals surface area (Å²) >= 11 is 0. The minimum Gasteiger partial charge on any atom is -0.325 e. The molecule has 2 heteroatoms. The molecule has 1 aliphatic heterocycles. The molecule has 0 bridgehead atoms. The molecule has 0 aliphatic carbocycles. The maximum Gasteiger partial charge on any atom is 0.232 e. The number of carbonyl (C=O) groups is 1. The van der Waals surface area contributed by atoms with Crippen LogP contribution in [-0.2, 0) is 4.79 Å². The van der Waals surface area contributed by atoms with Crippen molar-refractivity contribution in [3.8, 4) is 0 Å². The van der Waals surface area contributed by atoms with Crippen LogP contribution in [-0.4, -0.2) is 5.91 Å². The third-order valence-electron chi connectivity index (χ3n) is 2.62. The van der Waals surface area contributed by atoms with Gasteiger partial charge >= 0.3 is 0 Å². The lowest BCUT2D eigenvalue weighted by molar-refractivity contribution is -0.117. The molecule has 2 rings (SSSR count). The lowest BCUT2D eigenvalue weighted by Gasteiger charge is -2.10. The van der Waals surface area contributed by atoms with Crippen LogP contribution in [0.25, 0.3) is 0 Å². The average Bonchev–Trinajstić information content (AvgIpc) is 2.43. The van der Waals surface area contributed by atoms with Gasteiger partial charge in [0.25, 0.3) is 0 Å². The number of rotatable bonds is 2. The monoisotopic (exact) mass is 189 g/mol. The molecule has 1 N–H and O–H groups in total. The molecule has 0 fully saturated rings. The van der Waals surface area contributed by atoms with E-state index in [1.165, 1.54) is 0 Å². The fraction of sp³-hybridized carbons (Fsp3) is 0.417. The third-order valence-corrected chi connectivity index (χ3v) is 2.62. The second-order valence-corrected chi connectivity index (χ2v) is 4.26. The molecule has 0 aromatic heterocycles. The largest absolute Gasteiger partial charge is 0.325 e. The highest BCUT2D eigenvalue weighted by atomic mass is 16.2. The lowest BCUT2D eigenvalue weighted by Crippen LogP contribution is -2.13. The van der Waals surface area contributed by atoms with Crippen LogP contribution in [0.3, 0.4) is 0 Å². The molecule has 0 spiro atoms. The Balaban J connectivity index is 2.30. The SMILES string of the molecule is CC(C)CC1C(=O)Nc2ccccc21. The van der Waals surface area contributed by atoms with Crippen molar-refractivity contribution in [1.82, 2.24) is 0 Å². The zero-order valence-electron chi connectivity index (χ0n) is 8.58. The predicted octanol–water partition coefficient (Wildman–Crippen LogP) is 2.77. The van der Waals surface area contributed by atoms with Gasteiger partial charge < -0.3 is 5.32 Å². The second kappa shape index (κ2) is 3.45. The van der Waals surface area contributed by atoms with Gasteiger partial charge in [-0.05, 0) is 24.0 Å². The molecule has 0 saturated heterocycles. The number of nitrogens with one attached hydrogen (secondary N) is 1. The molecule has 1 aliphatic rings. The zero-order chi connectivity index (χ0) is 10.1. The number of benzene rings is 1. The zero-order valence-corrected chi connectivity index (χ0v) is 8.58. The van der Waals surface area contributed by atoms with Crippen molar-refractivity contribution >= 4 is 11.6 Å². The van der Waals surface area contributed by atoms with Crippen molar-refractivity contribution < 1.29 is 4.79 Å². The smallest absolute Gasteiger partial charge is 0.232 e. The highest BCUT2D eigenvalue weighted by molar-refractivity contribution is 6.02. The van der Waals surface area contributed by atoms with Crippen molar-refractivity contribution in [2.75, 3.05) is 5.32 Å². The third kappa shape index (κ3) is 1.52.